The summed E-state index contributed by atoms with van der Waals surface area (Å²) in [5.74, 6) is 1.04. The summed E-state index contributed by atoms with van der Waals surface area (Å²) in [6.45, 7) is 2.36. The summed E-state index contributed by atoms with van der Waals surface area (Å²) < 4.78 is 0. The van der Waals surface area contributed by atoms with E-state index in [9.17, 15) is 0 Å². The molecule has 2 heteroatoms. The lowest BCUT2D eigenvalue weighted by molar-refractivity contribution is 0.176. The zero-order valence-electron chi connectivity index (χ0n) is 12.9. The van der Waals surface area contributed by atoms with Crippen molar-refractivity contribution in [2.75, 3.05) is 25.9 Å². The molecule has 1 aromatic carbocycles. The van der Waals surface area contributed by atoms with Crippen molar-refractivity contribution in [3.05, 3.63) is 35.9 Å². The van der Waals surface area contributed by atoms with Crippen LogP contribution in [0.15, 0.2) is 30.3 Å². The second-order valence-electron chi connectivity index (χ2n) is 6.55. The molecule has 0 aromatic heterocycles. The highest BCUT2D eigenvalue weighted by atomic mass is 32.1. The van der Waals surface area contributed by atoms with Gasteiger partial charge in [-0.15, -0.1) is 0 Å². The number of benzene rings is 1. The number of hydrogen-bond acceptors (Lipinski definition) is 2. The Morgan fingerprint density at radius 2 is 1.70 bits per heavy atom. The van der Waals surface area contributed by atoms with Gasteiger partial charge in [0.15, 0.2) is 0 Å². The maximum atomic E-state index is 4.68. The first-order valence-corrected chi connectivity index (χ1v) is 8.71. The Hall–Kier alpha value is -0.470. The molecule has 1 saturated carbocycles. The van der Waals surface area contributed by atoms with Gasteiger partial charge < -0.3 is 4.90 Å². The van der Waals surface area contributed by atoms with E-state index in [4.69, 9.17) is 0 Å². The van der Waals surface area contributed by atoms with Gasteiger partial charge in [-0.25, -0.2) is 0 Å². The molecule has 0 aliphatic heterocycles. The Morgan fingerprint density at radius 3 is 2.30 bits per heavy atom. The SMILES string of the molecule is CN(CCc1ccccc1)CC1(CS)CCCCCC1. The summed E-state index contributed by atoms with van der Waals surface area (Å²) in [7, 11) is 2.28. The van der Waals surface area contributed by atoms with Crippen LogP contribution in [0.1, 0.15) is 44.1 Å². The molecule has 1 nitrogen and oxygen atoms in total. The summed E-state index contributed by atoms with van der Waals surface area (Å²) in [5, 5.41) is 0. The molecule has 1 aliphatic carbocycles. The van der Waals surface area contributed by atoms with E-state index in [0.29, 0.717) is 5.41 Å². The van der Waals surface area contributed by atoms with Crippen molar-refractivity contribution >= 4 is 12.6 Å². The van der Waals surface area contributed by atoms with Crippen LogP contribution in [-0.2, 0) is 6.42 Å². The van der Waals surface area contributed by atoms with Gasteiger partial charge >= 0.3 is 0 Å². The monoisotopic (exact) mass is 291 g/mol. The second kappa shape index (κ2) is 8.09. The number of thiol groups is 1. The van der Waals surface area contributed by atoms with Gasteiger partial charge in [-0.3, -0.25) is 0 Å². The molecule has 1 aliphatic rings. The molecule has 1 fully saturated rings. The van der Waals surface area contributed by atoms with Crippen molar-refractivity contribution in [3.8, 4) is 0 Å². The summed E-state index contributed by atoms with van der Waals surface area (Å²) in [6, 6.07) is 10.8. The lowest BCUT2D eigenvalue weighted by Gasteiger charge is -2.35. The van der Waals surface area contributed by atoms with E-state index in [1.54, 1.807) is 0 Å². The highest BCUT2D eigenvalue weighted by Gasteiger charge is 2.30. The van der Waals surface area contributed by atoms with Crippen LogP contribution in [-0.4, -0.2) is 30.8 Å². The van der Waals surface area contributed by atoms with E-state index >= 15 is 0 Å². The van der Waals surface area contributed by atoms with Crippen molar-refractivity contribution in [2.24, 2.45) is 5.41 Å². The molecule has 0 radical (unpaired) electrons. The predicted octanol–water partition coefficient (Wildman–Crippen LogP) is 4.43. The van der Waals surface area contributed by atoms with Gasteiger partial charge in [-0.2, -0.15) is 12.6 Å². The molecule has 0 atom stereocenters. The zero-order valence-corrected chi connectivity index (χ0v) is 13.7. The van der Waals surface area contributed by atoms with Crippen LogP contribution in [0.4, 0.5) is 0 Å². The van der Waals surface area contributed by atoms with E-state index in [2.05, 4.69) is 54.9 Å². The van der Waals surface area contributed by atoms with Crippen molar-refractivity contribution < 1.29 is 0 Å². The average Bonchev–Trinajstić information content (AvgIpc) is 2.72. The van der Waals surface area contributed by atoms with Crippen molar-refractivity contribution in [1.82, 2.24) is 4.90 Å². The summed E-state index contributed by atoms with van der Waals surface area (Å²) in [4.78, 5) is 2.52. The molecule has 0 saturated heterocycles. The Kier molecular flexibility index (Phi) is 6.44. The minimum absolute atomic E-state index is 0.463. The van der Waals surface area contributed by atoms with E-state index in [1.165, 1.54) is 50.6 Å². The largest absolute Gasteiger partial charge is 0.305 e. The molecule has 0 amide bonds. The van der Waals surface area contributed by atoms with Gasteiger partial charge in [-0.1, -0.05) is 56.0 Å². The molecular formula is C18H29NS. The Labute approximate surface area is 130 Å². The third-order valence-corrected chi connectivity index (χ3v) is 5.40. The van der Waals surface area contributed by atoms with Gasteiger partial charge in [0.2, 0.25) is 0 Å². The smallest absolute Gasteiger partial charge is 0.00429 e. The first-order valence-electron chi connectivity index (χ1n) is 8.07. The van der Waals surface area contributed by atoms with Crippen molar-refractivity contribution in [1.29, 1.82) is 0 Å². The molecular weight excluding hydrogens is 262 g/mol. The van der Waals surface area contributed by atoms with Gasteiger partial charge in [0.25, 0.3) is 0 Å². The van der Waals surface area contributed by atoms with E-state index in [-0.39, 0.29) is 0 Å². The molecule has 112 valence electrons. The molecule has 2 rings (SSSR count). The summed E-state index contributed by atoms with van der Waals surface area (Å²) in [5.41, 5.74) is 1.91. The molecule has 20 heavy (non-hydrogen) atoms. The molecule has 0 heterocycles. The highest BCUT2D eigenvalue weighted by Crippen LogP contribution is 2.36. The third-order valence-electron chi connectivity index (χ3n) is 4.73. The Morgan fingerprint density at radius 1 is 1.05 bits per heavy atom. The minimum Gasteiger partial charge on any atom is -0.305 e. The zero-order chi connectivity index (χ0) is 14.3. The standard InChI is InChI=1S/C18H29NS/c1-19(14-11-17-9-5-4-6-10-17)15-18(16-20)12-7-2-3-8-13-18/h4-6,9-10,20H,2-3,7-8,11-16H2,1H3. The molecule has 0 N–H and O–H groups in total. The third kappa shape index (κ3) is 4.82. The average molecular weight is 292 g/mol. The van der Waals surface area contributed by atoms with Crippen molar-refractivity contribution in [2.45, 2.75) is 44.9 Å². The second-order valence-corrected chi connectivity index (χ2v) is 6.86. The van der Waals surface area contributed by atoms with Crippen LogP contribution in [0, 0.1) is 5.41 Å². The number of likely N-dealkylation sites (N-methyl/N-ethyl adjacent to an activating group) is 1. The van der Waals surface area contributed by atoms with Gasteiger partial charge in [0.05, 0.1) is 0 Å². The number of hydrogen-bond donors (Lipinski definition) is 1. The lowest BCUT2D eigenvalue weighted by atomic mass is 9.81. The van der Waals surface area contributed by atoms with Crippen LogP contribution in [0.3, 0.4) is 0 Å². The minimum atomic E-state index is 0.463. The number of rotatable bonds is 6. The van der Waals surface area contributed by atoms with Gasteiger partial charge in [0.1, 0.15) is 0 Å². The molecule has 0 unspecified atom stereocenters. The number of nitrogens with zero attached hydrogens (tertiary/aromatic N) is 1. The molecule has 0 bridgehead atoms. The highest BCUT2D eigenvalue weighted by molar-refractivity contribution is 7.80. The quantitative estimate of drug-likeness (QED) is 0.599. The first kappa shape index (κ1) is 15.9. The predicted molar refractivity (Wildman–Crippen MR) is 91.6 cm³/mol. The van der Waals surface area contributed by atoms with Crippen LogP contribution in [0.5, 0.6) is 0 Å². The maximum absolute atomic E-state index is 4.68. The van der Waals surface area contributed by atoms with E-state index < -0.39 is 0 Å². The van der Waals surface area contributed by atoms with E-state index in [1.807, 2.05) is 0 Å². The van der Waals surface area contributed by atoms with Gasteiger partial charge in [0, 0.05) is 13.1 Å². The lowest BCUT2D eigenvalue weighted by Crippen LogP contribution is -2.37. The molecule has 0 spiro atoms. The van der Waals surface area contributed by atoms with Gasteiger partial charge in [-0.05, 0) is 43.0 Å². The van der Waals surface area contributed by atoms with Crippen LogP contribution in [0.2, 0.25) is 0 Å². The Bertz CT molecular complexity index is 368. The first-order chi connectivity index (χ1) is 9.74. The molecule has 1 aromatic rings. The van der Waals surface area contributed by atoms with Crippen molar-refractivity contribution in [3.63, 3.8) is 0 Å². The summed E-state index contributed by atoms with van der Waals surface area (Å²) in [6.07, 6.45) is 9.52. The summed E-state index contributed by atoms with van der Waals surface area (Å²) >= 11 is 4.68. The van der Waals surface area contributed by atoms with Crippen LogP contribution >= 0.6 is 12.6 Å². The fourth-order valence-corrected chi connectivity index (χ4v) is 3.88. The van der Waals surface area contributed by atoms with E-state index in [0.717, 1.165) is 18.7 Å². The fraction of sp³-hybridized carbons (Fsp3) is 0.667. The maximum Gasteiger partial charge on any atom is 0.00429 e. The topological polar surface area (TPSA) is 3.24 Å². The van der Waals surface area contributed by atoms with Crippen LogP contribution < -0.4 is 0 Å². The fourth-order valence-electron chi connectivity index (χ4n) is 3.46. The van der Waals surface area contributed by atoms with Crippen LogP contribution in [0.25, 0.3) is 0 Å². The normalized spacial score (nSPS) is 18.9. The Balaban J connectivity index is 1.83.